The highest BCUT2D eigenvalue weighted by molar-refractivity contribution is 6.30. The van der Waals surface area contributed by atoms with Gasteiger partial charge in [0, 0.05) is 27.1 Å². The van der Waals surface area contributed by atoms with Gasteiger partial charge in [0.2, 0.25) is 0 Å². The van der Waals surface area contributed by atoms with E-state index in [1.807, 2.05) is 66.7 Å². The largest absolute Gasteiger partial charge is 0.507 e. The summed E-state index contributed by atoms with van der Waals surface area (Å²) in [5.74, 6) is 0.201. The molecule has 3 nitrogen and oxygen atoms in total. The molecule has 27 heavy (non-hydrogen) atoms. The Labute approximate surface area is 160 Å². The number of hydrogen-bond donors (Lipinski definition) is 1. The van der Waals surface area contributed by atoms with Crippen molar-refractivity contribution in [2.75, 3.05) is 0 Å². The van der Waals surface area contributed by atoms with Gasteiger partial charge in [-0.2, -0.15) is 0 Å². The number of halogens is 1. The molecule has 5 aromatic rings. The molecule has 0 aliphatic rings. The summed E-state index contributed by atoms with van der Waals surface area (Å²) in [5.41, 5.74) is 5.46. The van der Waals surface area contributed by atoms with E-state index in [0.29, 0.717) is 16.2 Å². The van der Waals surface area contributed by atoms with E-state index in [4.69, 9.17) is 21.0 Å². The minimum Gasteiger partial charge on any atom is -0.507 e. The first-order valence-electron chi connectivity index (χ1n) is 8.57. The maximum absolute atomic E-state index is 10.4. The maximum atomic E-state index is 10.4. The number of para-hydroxylation sites is 2. The highest BCUT2D eigenvalue weighted by Crippen LogP contribution is 2.40. The van der Waals surface area contributed by atoms with Gasteiger partial charge >= 0.3 is 0 Å². The Kier molecular flexibility index (Phi) is 3.62. The molecule has 5 rings (SSSR count). The van der Waals surface area contributed by atoms with E-state index in [0.717, 1.165) is 33.3 Å². The molecular formula is C23H14ClNO2. The highest BCUT2D eigenvalue weighted by atomic mass is 35.5. The van der Waals surface area contributed by atoms with Crippen LogP contribution in [0.5, 0.6) is 5.75 Å². The number of fused-ring (bicyclic) bond motifs is 3. The molecule has 0 bridgehead atoms. The number of hydrogen-bond acceptors (Lipinski definition) is 3. The predicted octanol–water partition coefficient (Wildman–Crippen LogP) is 6.67. The van der Waals surface area contributed by atoms with E-state index in [-0.39, 0.29) is 5.75 Å². The third kappa shape index (κ3) is 2.64. The molecule has 0 saturated carbocycles. The van der Waals surface area contributed by atoms with E-state index in [1.165, 1.54) is 0 Å². The third-order valence-electron chi connectivity index (χ3n) is 4.66. The number of pyridine rings is 1. The zero-order chi connectivity index (χ0) is 18.4. The number of phenolic OH excluding ortho intramolecular Hbond substituents is 1. The van der Waals surface area contributed by atoms with Gasteiger partial charge in [0.1, 0.15) is 16.8 Å². The van der Waals surface area contributed by atoms with Gasteiger partial charge in [-0.05, 0) is 36.4 Å². The monoisotopic (exact) mass is 371 g/mol. The summed E-state index contributed by atoms with van der Waals surface area (Å²) in [6.07, 6.45) is 0. The van der Waals surface area contributed by atoms with Crippen molar-refractivity contribution in [1.29, 1.82) is 0 Å². The van der Waals surface area contributed by atoms with Crippen molar-refractivity contribution in [2.24, 2.45) is 0 Å². The van der Waals surface area contributed by atoms with Crippen LogP contribution in [0.2, 0.25) is 5.02 Å². The Morgan fingerprint density at radius 3 is 2.37 bits per heavy atom. The number of aromatic hydroxyl groups is 1. The summed E-state index contributed by atoms with van der Waals surface area (Å²) in [6, 6.07) is 24.6. The quantitative estimate of drug-likeness (QED) is 0.376. The Hall–Kier alpha value is -3.30. The van der Waals surface area contributed by atoms with Crippen molar-refractivity contribution in [3.8, 4) is 28.1 Å². The first kappa shape index (κ1) is 15.9. The molecule has 0 unspecified atom stereocenters. The van der Waals surface area contributed by atoms with Gasteiger partial charge in [-0.25, -0.2) is 4.98 Å². The molecule has 0 fully saturated rings. The standard InChI is InChI=1S/C23H14ClNO2/c24-15-11-9-14(10-12-15)19-13-18(16-5-1-3-7-20(16)26)23-22(25-19)17-6-2-4-8-21(17)27-23/h1-13,26H. The van der Waals surface area contributed by atoms with E-state index in [9.17, 15) is 5.11 Å². The molecule has 0 aliphatic carbocycles. The van der Waals surface area contributed by atoms with E-state index < -0.39 is 0 Å². The molecule has 0 saturated heterocycles. The van der Waals surface area contributed by atoms with Crippen LogP contribution in [0.15, 0.2) is 83.3 Å². The van der Waals surface area contributed by atoms with Crippen molar-refractivity contribution in [3.63, 3.8) is 0 Å². The number of phenols is 1. The predicted molar refractivity (Wildman–Crippen MR) is 109 cm³/mol. The normalized spacial score (nSPS) is 11.3. The fourth-order valence-electron chi connectivity index (χ4n) is 3.35. The summed E-state index contributed by atoms with van der Waals surface area (Å²) in [5, 5.41) is 12.0. The molecule has 3 aromatic carbocycles. The van der Waals surface area contributed by atoms with Crippen LogP contribution < -0.4 is 0 Å². The van der Waals surface area contributed by atoms with E-state index in [2.05, 4.69) is 0 Å². The first-order chi connectivity index (χ1) is 13.2. The third-order valence-corrected chi connectivity index (χ3v) is 4.91. The molecule has 0 radical (unpaired) electrons. The molecule has 1 N–H and O–H groups in total. The van der Waals surface area contributed by atoms with Crippen molar-refractivity contribution < 1.29 is 9.52 Å². The van der Waals surface area contributed by atoms with Crippen LogP contribution in [-0.4, -0.2) is 10.1 Å². The number of aromatic nitrogens is 1. The van der Waals surface area contributed by atoms with Gasteiger partial charge in [-0.3, -0.25) is 0 Å². The lowest BCUT2D eigenvalue weighted by Gasteiger charge is -2.08. The molecular weight excluding hydrogens is 358 g/mol. The summed E-state index contributed by atoms with van der Waals surface area (Å²) in [4.78, 5) is 4.86. The summed E-state index contributed by atoms with van der Waals surface area (Å²) in [7, 11) is 0. The molecule has 4 heteroatoms. The topological polar surface area (TPSA) is 46.3 Å². The van der Waals surface area contributed by atoms with Gasteiger partial charge in [-0.15, -0.1) is 0 Å². The molecule has 0 atom stereocenters. The van der Waals surface area contributed by atoms with Crippen LogP contribution in [0.3, 0.4) is 0 Å². The van der Waals surface area contributed by atoms with Crippen LogP contribution in [-0.2, 0) is 0 Å². The zero-order valence-electron chi connectivity index (χ0n) is 14.2. The Bertz CT molecular complexity index is 1290. The van der Waals surface area contributed by atoms with Crippen LogP contribution >= 0.6 is 11.6 Å². The molecule has 2 aromatic heterocycles. The summed E-state index contributed by atoms with van der Waals surface area (Å²) < 4.78 is 6.11. The lowest BCUT2D eigenvalue weighted by Crippen LogP contribution is -1.88. The smallest absolute Gasteiger partial charge is 0.161 e. The van der Waals surface area contributed by atoms with Crippen molar-refractivity contribution in [2.45, 2.75) is 0 Å². The second-order valence-corrected chi connectivity index (χ2v) is 6.79. The van der Waals surface area contributed by atoms with Crippen LogP contribution in [0.25, 0.3) is 44.5 Å². The Morgan fingerprint density at radius 2 is 1.56 bits per heavy atom. The van der Waals surface area contributed by atoms with Gasteiger partial charge in [0.25, 0.3) is 0 Å². The van der Waals surface area contributed by atoms with E-state index in [1.54, 1.807) is 12.1 Å². The number of rotatable bonds is 2. The number of nitrogens with zero attached hydrogens (tertiary/aromatic N) is 1. The summed E-state index contributed by atoms with van der Waals surface area (Å²) >= 11 is 6.03. The summed E-state index contributed by atoms with van der Waals surface area (Å²) in [6.45, 7) is 0. The van der Waals surface area contributed by atoms with Gasteiger partial charge < -0.3 is 9.52 Å². The average Bonchev–Trinajstić information content (AvgIpc) is 3.07. The molecule has 0 amide bonds. The second-order valence-electron chi connectivity index (χ2n) is 6.36. The minimum atomic E-state index is 0.201. The molecule has 2 heterocycles. The maximum Gasteiger partial charge on any atom is 0.161 e. The Morgan fingerprint density at radius 1 is 0.815 bits per heavy atom. The van der Waals surface area contributed by atoms with Crippen LogP contribution in [0, 0.1) is 0 Å². The van der Waals surface area contributed by atoms with Crippen molar-refractivity contribution in [3.05, 3.63) is 83.9 Å². The number of furan rings is 1. The fourth-order valence-corrected chi connectivity index (χ4v) is 3.48. The number of benzene rings is 3. The van der Waals surface area contributed by atoms with Crippen LogP contribution in [0.1, 0.15) is 0 Å². The van der Waals surface area contributed by atoms with Gasteiger partial charge in [0.05, 0.1) is 5.69 Å². The second kappa shape index (κ2) is 6.15. The fraction of sp³-hybridized carbons (Fsp3) is 0. The Balaban J connectivity index is 1.89. The zero-order valence-corrected chi connectivity index (χ0v) is 14.9. The SMILES string of the molecule is Oc1ccccc1-c1cc(-c2ccc(Cl)cc2)nc2c1oc1ccccc12. The van der Waals surface area contributed by atoms with E-state index >= 15 is 0 Å². The molecule has 130 valence electrons. The van der Waals surface area contributed by atoms with Gasteiger partial charge in [-0.1, -0.05) is 54.1 Å². The van der Waals surface area contributed by atoms with Crippen molar-refractivity contribution in [1.82, 2.24) is 4.98 Å². The first-order valence-corrected chi connectivity index (χ1v) is 8.95. The lowest BCUT2D eigenvalue weighted by atomic mass is 10.0. The van der Waals surface area contributed by atoms with Crippen molar-refractivity contribution >= 4 is 33.7 Å². The average molecular weight is 372 g/mol. The highest BCUT2D eigenvalue weighted by Gasteiger charge is 2.17. The minimum absolute atomic E-state index is 0.201. The molecule has 0 spiro atoms. The molecule has 0 aliphatic heterocycles. The van der Waals surface area contributed by atoms with Crippen LogP contribution in [0.4, 0.5) is 0 Å². The lowest BCUT2D eigenvalue weighted by molar-refractivity contribution is 0.477. The van der Waals surface area contributed by atoms with Gasteiger partial charge in [0.15, 0.2) is 5.58 Å².